The lowest BCUT2D eigenvalue weighted by molar-refractivity contribution is -0.142. The summed E-state index contributed by atoms with van der Waals surface area (Å²) in [4.78, 5) is 34.0. The van der Waals surface area contributed by atoms with Gasteiger partial charge in [-0.2, -0.15) is 0 Å². The second-order valence-electron chi connectivity index (χ2n) is 4.35. The van der Waals surface area contributed by atoms with Gasteiger partial charge in [0.15, 0.2) is 0 Å². The lowest BCUT2D eigenvalue weighted by Crippen LogP contribution is -2.49. The molecule has 0 aliphatic heterocycles. The Morgan fingerprint density at radius 1 is 0.913 bits per heavy atom. The molecule has 2 amide bonds. The van der Waals surface area contributed by atoms with E-state index in [0.717, 1.165) is 0 Å². The first kappa shape index (κ1) is 21.2. The van der Waals surface area contributed by atoms with Crippen molar-refractivity contribution in [3.8, 4) is 0 Å². The number of nitrogens with one attached hydrogen (secondary N) is 2. The van der Waals surface area contributed by atoms with E-state index in [0.29, 0.717) is 13.2 Å². The minimum absolute atomic E-state index is 0.218. The standard InChI is InChI=1S/C13H24N2O8/c1-20-3-5-22-8-11(16)14-7-10(13(18)19)15-12(17)9-23-6-4-21-2/h10H,3-9H2,1-2H3,(H,14,16)(H,15,17)(H,18,19). The Balaban J connectivity index is 3.99. The van der Waals surface area contributed by atoms with Gasteiger partial charge >= 0.3 is 5.97 Å². The predicted molar refractivity (Wildman–Crippen MR) is 78.0 cm³/mol. The Hall–Kier alpha value is -1.75. The van der Waals surface area contributed by atoms with Crippen molar-refractivity contribution in [3.05, 3.63) is 0 Å². The third-order valence-electron chi connectivity index (χ3n) is 2.47. The molecular weight excluding hydrogens is 312 g/mol. The molecule has 0 fully saturated rings. The van der Waals surface area contributed by atoms with Crippen LogP contribution in [0.5, 0.6) is 0 Å². The van der Waals surface area contributed by atoms with Crippen molar-refractivity contribution in [2.45, 2.75) is 6.04 Å². The highest BCUT2D eigenvalue weighted by atomic mass is 16.5. The van der Waals surface area contributed by atoms with Gasteiger partial charge in [0.2, 0.25) is 11.8 Å². The average molecular weight is 336 g/mol. The molecule has 0 aliphatic carbocycles. The summed E-state index contributed by atoms with van der Waals surface area (Å²) in [6.45, 7) is 0.383. The summed E-state index contributed by atoms with van der Waals surface area (Å²) in [6, 6.07) is -1.25. The Labute approximate surface area is 134 Å². The molecule has 0 aliphatic rings. The summed E-state index contributed by atoms with van der Waals surface area (Å²) in [6.07, 6.45) is 0. The monoisotopic (exact) mass is 336 g/mol. The number of aliphatic carboxylic acids is 1. The summed E-state index contributed by atoms with van der Waals surface area (Å²) in [5, 5.41) is 13.6. The molecule has 10 nitrogen and oxygen atoms in total. The van der Waals surface area contributed by atoms with E-state index < -0.39 is 23.8 Å². The molecule has 3 N–H and O–H groups in total. The van der Waals surface area contributed by atoms with Crippen LogP contribution < -0.4 is 10.6 Å². The molecule has 0 bridgehead atoms. The van der Waals surface area contributed by atoms with Gasteiger partial charge in [-0.1, -0.05) is 0 Å². The zero-order valence-corrected chi connectivity index (χ0v) is 13.3. The van der Waals surface area contributed by atoms with E-state index in [-0.39, 0.29) is 33.0 Å². The van der Waals surface area contributed by atoms with E-state index in [1.54, 1.807) is 0 Å². The average Bonchev–Trinajstić information content (AvgIpc) is 2.52. The zero-order chi connectivity index (χ0) is 17.5. The minimum Gasteiger partial charge on any atom is -0.480 e. The maximum absolute atomic E-state index is 11.5. The number of carbonyl (C=O) groups is 3. The number of hydrogen-bond donors (Lipinski definition) is 3. The number of carboxylic acid groups (broad SMARTS) is 1. The van der Waals surface area contributed by atoms with E-state index >= 15 is 0 Å². The van der Waals surface area contributed by atoms with E-state index in [1.165, 1.54) is 14.2 Å². The maximum atomic E-state index is 11.5. The lowest BCUT2D eigenvalue weighted by Gasteiger charge is -2.15. The molecule has 0 radical (unpaired) electrons. The summed E-state index contributed by atoms with van der Waals surface area (Å²) >= 11 is 0. The fraction of sp³-hybridized carbons (Fsp3) is 0.769. The van der Waals surface area contributed by atoms with E-state index in [4.69, 9.17) is 24.1 Å². The van der Waals surface area contributed by atoms with E-state index in [9.17, 15) is 14.4 Å². The maximum Gasteiger partial charge on any atom is 0.328 e. The van der Waals surface area contributed by atoms with Gasteiger partial charge in [0.05, 0.1) is 26.4 Å². The number of methoxy groups -OCH3 is 2. The molecule has 1 atom stereocenters. The smallest absolute Gasteiger partial charge is 0.328 e. The van der Waals surface area contributed by atoms with Crippen LogP contribution in [0.3, 0.4) is 0 Å². The Morgan fingerprint density at radius 3 is 1.91 bits per heavy atom. The van der Waals surface area contributed by atoms with Gasteiger partial charge in [0, 0.05) is 20.8 Å². The molecule has 0 spiro atoms. The molecule has 134 valence electrons. The van der Waals surface area contributed by atoms with E-state index in [1.807, 2.05) is 0 Å². The van der Waals surface area contributed by atoms with Gasteiger partial charge in [-0.05, 0) is 0 Å². The second kappa shape index (κ2) is 13.9. The van der Waals surface area contributed by atoms with Crippen molar-refractivity contribution < 1.29 is 38.4 Å². The van der Waals surface area contributed by atoms with Crippen molar-refractivity contribution in [1.82, 2.24) is 10.6 Å². The van der Waals surface area contributed by atoms with Crippen LogP contribution in [0.25, 0.3) is 0 Å². The molecule has 0 rings (SSSR count). The molecule has 10 heteroatoms. The summed E-state index contributed by atoms with van der Waals surface area (Å²) < 4.78 is 19.4. The minimum atomic E-state index is -1.27. The fourth-order valence-electron chi connectivity index (χ4n) is 1.32. The first-order valence-electron chi connectivity index (χ1n) is 6.93. The Bertz CT molecular complexity index is 364. The van der Waals surface area contributed by atoms with Gasteiger partial charge < -0.3 is 34.7 Å². The van der Waals surface area contributed by atoms with Crippen LogP contribution in [0, 0.1) is 0 Å². The van der Waals surface area contributed by atoms with Crippen LogP contribution in [0.1, 0.15) is 0 Å². The molecule has 1 unspecified atom stereocenters. The van der Waals surface area contributed by atoms with Crippen molar-refractivity contribution >= 4 is 17.8 Å². The van der Waals surface area contributed by atoms with Gasteiger partial charge in [-0.3, -0.25) is 9.59 Å². The van der Waals surface area contributed by atoms with Crippen LogP contribution in [-0.4, -0.2) is 89.3 Å². The van der Waals surface area contributed by atoms with Crippen molar-refractivity contribution in [3.63, 3.8) is 0 Å². The number of carboxylic acids is 1. The normalized spacial score (nSPS) is 11.7. The van der Waals surface area contributed by atoms with Crippen molar-refractivity contribution in [1.29, 1.82) is 0 Å². The highest BCUT2D eigenvalue weighted by Gasteiger charge is 2.20. The van der Waals surface area contributed by atoms with Crippen molar-refractivity contribution in [2.75, 3.05) is 60.4 Å². The largest absolute Gasteiger partial charge is 0.480 e. The summed E-state index contributed by atoms with van der Waals surface area (Å²) in [5.74, 6) is -2.35. The zero-order valence-electron chi connectivity index (χ0n) is 13.3. The number of ether oxygens (including phenoxy) is 4. The predicted octanol–water partition coefficient (Wildman–Crippen LogP) is -2.00. The molecule has 0 heterocycles. The van der Waals surface area contributed by atoms with Crippen LogP contribution in [0.2, 0.25) is 0 Å². The number of carbonyl (C=O) groups excluding carboxylic acids is 2. The summed E-state index contributed by atoms with van der Waals surface area (Å²) in [5.41, 5.74) is 0. The highest BCUT2D eigenvalue weighted by molar-refractivity contribution is 5.85. The highest BCUT2D eigenvalue weighted by Crippen LogP contribution is 1.86. The molecule has 0 aromatic heterocycles. The van der Waals surface area contributed by atoms with Gasteiger partial charge in [-0.15, -0.1) is 0 Å². The molecular formula is C13H24N2O8. The van der Waals surface area contributed by atoms with Gasteiger partial charge in [0.25, 0.3) is 0 Å². The summed E-state index contributed by atoms with van der Waals surface area (Å²) in [7, 11) is 2.99. The Morgan fingerprint density at radius 2 is 1.43 bits per heavy atom. The SMILES string of the molecule is COCCOCC(=O)NCC(NC(=O)COCCOC)C(=O)O. The molecule has 0 aromatic carbocycles. The third-order valence-corrected chi connectivity index (χ3v) is 2.47. The van der Waals surface area contributed by atoms with Crippen LogP contribution in [0.4, 0.5) is 0 Å². The van der Waals surface area contributed by atoms with E-state index in [2.05, 4.69) is 10.6 Å². The fourth-order valence-corrected chi connectivity index (χ4v) is 1.32. The number of rotatable bonds is 14. The number of hydrogen-bond acceptors (Lipinski definition) is 7. The molecule has 0 aromatic rings. The van der Waals surface area contributed by atoms with Gasteiger partial charge in [0.1, 0.15) is 19.3 Å². The molecule has 23 heavy (non-hydrogen) atoms. The van der Waals surface area contributed by atoms with Crippen molar-refractivity contribution in [2.24, 2.45) is 0 Å². The van der Waals surface area contributed by atoms with Crippen LogP contribution >= 0.6 is 0 Å². The number of amides is 2. The van der Waals surface area contributed by atoms with Crippen LogP contribution in [-0.2, 0) is 33.3 Å². The quantitative estimate of drug-likeness (QED) is 0.310. The molecule has 0 saturated heterocycles. The molecule has 0 saturated carbocycles. The first-order chi connectivity index (χ1) is 11.0. The van der Waals surface area contributed by atoms with Crippen LogP contribution in [0.15, 0.2) is 0 Å². The third kappa shape index (κ3) is 12.5. The topological polar surface area (TPSA) is 132 Å². The Kier molecular flexibility index (Phi) is 12.8. The van der Waals surface area contributed by atoms with Gasteiger partial charge in [-0.25, -0.2) is 4.79 Å². The second-order valence-corrected chi connectivity index (χ2v) is 4.35. The first-order valence-corrected chi connectivity index (χ1v) is 6.93. The lowest BCUT2D eigenvalue weighted by atomic mass is 10.3.